The van der Waals surface area contributed by atoms with Crippen molar-refractivity contribution in [2.45, 2.75) is 13.0 Å². The molecule has 0 saturated heterocycles. The van der Waals surface area contributed by atoms with Crippen LogP contribution in [0.4, 0.5) is 5.69 Å². The predicted molar refractivity (Wildman–Crippen MR) is 89.2 cm³/mol. The second-order valence-electron chi connectivity index (χ2n) is 4.38. The summed E-state index contributed by atoms with van der Waals surface area (Å²) >= 11 is 15.6. The van der Waals surface area contributed by atoms with Gasteiger partial charge in [0.05, 0.1) is 11.6 Å². The van der Waals surface area contributed by atoms with E-state index >= 15 is 0 Å². The van der Waals surface area contributed by atoms with E-state index in [0.717, 1.165) is 21.5 Å². The first-order valence-corrected chi connectivity index (χ1v) is 7.61. The van der Waals surface area contributed by atoms with Crippen LogP contribution in [0.3, 0.4) is 0 Å². The molecule has 0 aliphatic heterocycles. The van der Waals surface area contributed by atoms with E-state index in [0.29, 0.717) is 10.0 Å². The average Bonchev–Trinajstić information content (AvgIpc) is 2.40. The molecule has 2 nitrogen and oxygen atoms in total. The molecule has 0 saturated carbocycles. The predicted octanol–water partition coefficient (Wildman–Crippen LogP) is 5.94. The highest BCUT2D eigenvalue weighted by molar-refractivity contribution is 9.10. The van der Waals surface area contributed by atoms with Crippen molar-refractivity contribution in [2.24, 2.45) is 0 Å². The number of benzene rings is 2. The molecule has 0 amide bonds. The van der Waals surface area contributed by atoms with Crippen LogP contribution < -0.4 is 10.1 Å². The lowest BCUT2D eigenvalue weighted by atomic mass is 10.1. The molecule has 2 aromatic rings. The highest BCUT2D eigenvalue weighted by atomic mass is 79.9. The zero-order valence-electron chi connectivity index (χ0n) is 11.1. The zero-order chi connectivity index (χ0) is 14.7. The molecular formula is C15H14BrCl2NO. The first-order chi connectivity index (χ1) is 9.51. The molecule has 20 heavy (non-hydrogen) atoms. The second kappa shape index (κ2) is 6.70. The summed E-state index contributed by atoms with van der Waals surface area (Å²) < 4.78 is 6.20. The minimum Gasteiger partial charge on any atom is -0.495 e. The van der Waals surface area contributed by atoms with Gasteiger partial charge < -0.3 is 10.1 Å². The van der Waals surface area contributed by atoms with Crippen LogP contribution in [0, 0.1) is 0 Å². The maximum Gasteiger partial charge on any atom is 0.135 e. The van der Waals surface area contributed by atoms with Crippen LogP contribution in [0.15, 0.2) is 40.9 Å². The monoisotopic (exact) mass is 373 g/mol. The molecule has 1 atom stereocenters. The Balaban J connectivity index is 2.21. The molecule has 0 bridgehead atoms. The Bertz CT molecular complexity index is 619. The lowest BCUT2D eigenvalue weighted by molar-refractivity contribution is 0.412. The molecular weight excluding hydrogens is 361 g/mol. The van der Waals surface area contributed by atoms with E-state index in [2.05, 4.69) is 21.2 Å². The smallest absolute Gasteiger partial charge is 0.135 e. The summed E-state index contributed by atoms with van der Waals surface area (Å²) in [6, 6.07) is 11.4. The molecule has 0 aromatic heterocycles. The largest absolute Gasteiger partial charge is 0.495 e. The Morgan fingerprint density at radius 1 is 1.15 bits per heavy atom. The van der Waals surface area contributed by atoms with Crippen molar-refractivity contribution in [3.63, 3.8) is 0 Å². The zero-order valence-corrected chi connectivity index (χ0v) is 14.2. The van der Waals surface area contributed by atoms with Crippen LogP contribution in [0.1, 0.15) is 18.5 Å². The van der Waals surface area contributed by atoms with Crippen molar-refractivity contribution in [1.82, 2.24) is 0 Å². The first-order valence-electron chi connectivity index (χ1n) is 6.06. The molecule has 0 aliphatic rings. The number of anilines is 1. The SMILES string of the molecule is COc1cc(NC(C)c2ccc(Cl)cc2Cl)ccc1Br. The Morgan fingerprint density at radius 2 is 1.90 bits per heavy atom. The van der Waals surface area contributed by atoms with Crippen molar-refractivity contribution in [3.8, 4) is 5.75 Å². The molecule has 1 unspecified atom stereocenters. The maximum atomic E-state index is 6.22. The minimum absolute atomic E-state index is 0.0608. The number of ether oxygens (including phenoxy) is 1. The van der Waals surface area contributed by atoms with Crippen LogP contribution in [0.25, 0.3) is 0 Å². The van der Waals surface area contributed by atoms with Gasteiger partial charge >= 0.3 is 0 Å². The molecule has 0 heterocycles. The molecule has 1 N–H and O–H groups in total. The summed E-state index contributed by atoms with van der Waals surface area (Å²) in [5.74, 6) is 0.782. The molecule has 106 valence electrons. The van der Waals surface area contributed by atoms with E-state index < -0.39 is 0 Å². The number of methoxy groups -OCH3 is 1. The summed E-state index contributed by atoms with van der Waals surface area (Å²) in [6.45, 7) is 2.05. The van der Waals surface area contributed by atoms with Crippen molar-refractivity contribution in [2.75, 3.05) is 12.4 Å². The number of halogens is 3. The summed E-state index contributed by atoms with van der Waals surface area (Å²) in [5.41, 5.74) is 1.96. The Labute approximate surface area is 137 Å². The Kier molecular flexibility index (Phi) is 5.19. The molecule has 2 rings (SSSR count). The summed E-state index contributed by atoms with van der Waals surface area (Å²) in [7, 11) is 1.64. The molecule has 0 aliphatic carbocycles. The molecule has 5 heteroatoms. The summed E-state index contributed by atoms with van der Waals surface area (Å²) in [6.07, 6.45) is 0. The van der Waals surface area contributed by atoms with Gasteiger partial charge in [-0.1, -0.05) is 29.3 Å². The second-order valence-corrected chi connectivity index (χ2v) is 6.08. The number of nitrogens with one attached hydrogen (secondary N) is 1. The molecule has 0 radical (unpaired) electrons. The van der Waals surface area contributed by atoms with E-state index in [4.69, 9.17) is 27.9 Å². The fourth-order valence-corrected chi connectivity index (χ4v) is 2.91. The van der Waals surface area contributed by atoms with Crippen molar-refractivity contribution in [3.05, 3.63) is 56.5 Å². The van der Waals surface area contributed by atoms with E-state index in [1.807, 2.05) is 37.3 Å². The van der Waals surface area contributed by atoms with Crippen LogP contribution in [0.2, 0.25) is 10.0 Å². The fraction of sp³-hybridized carbons (Fsp3) is 0.200. The van der Waals surface area contributed by atoms with Gasteiger partial charge in [0.15, 0.2) is 0 Å². The third-order valence-electron chi connectivity index (χ3n) is 2.96. The van der Waals surface area contributed by atoms with Gasteiger partial charge in [-0.3, -0.25) is 0 Å². The topological polar surface area (TPSA) is 21.3 Å². The lowest BCUT2D eigenvalue weighted by Gasteiger charge is -2.18. The van der Waals surface area contributed by atoms with Gasteiger partial charge in [0, 0.05) is 27.8 Å². The van der Waals surface area contributed by atoms with Crippen molar-refractivity contribution >= 4 is 44.8 Å². The van der Waals surface area contributed by atoms with Crippen molar-refractivity contribution < 1.29 is 4.74 Å². The summed E-state index contributed by atoms with van der Waals surface area (Å²) in [4.78, 5) is 0. The van der Waals surface area contributed by atoms with Gasteiger partial charge in [-0.25, -0.2) is 0 Å². The highest BCUT2D eigenvalue weighted by Gasteiger charge is 2.11. The maximum absolute atomic E-state index is 6.22. The standard InChI is InChI=1S/C15H14BrCl2NO/c1-9(12-5-3-10(17)7-14(12)18)19-11-4-6-13(16)15(8-11)20-2/h3-9,19H,1-2H3. The average molecular weight is 375 g/mol. The highest BCUT2D eigenvalue weighted by Crippen LogP contribution is 2.32. The van der Waals surface area contributed by atoms with Gasteiger partial charge in [-0.2, -0.15) is 0 Å². The molecule has 0 fully saturated rings. The third-order valence-corrected chi connectivity index (χ3v) is 4.18. The van der Waals surface area contributed by atoms with Gasteiger partial charge in [0.25, 0.3) is 0 Å². The van der Waals surface area contributed by atoms with Crippen LogP contribution in [-0.4, -0.2) is 7.11 Å². The van der Waals surface area contributed by atoms with E-state index in [9.17, 15) is 0 Å². The van der Waals surface area contributed by atoms with Crippen molar-refractivity contribution in [1.29, 1.82) is 0 Å². The minimum atomic E-state index is 0.0608. The first kappa shape index (κ1) is 15.5. The van der Waals surface area contributed by atoms with Gasteiger partial charge in [0.1, 0.15) is 5.75 Å². The fourth-order valence-electron chi connectivity index (χ4n) is 1.93. The Hall–Kier alpha value is -0.900. The van der Waals surface area contributed by atoms with Gasteiger partial charge in [-0.15, -0.1) is 0 Å². The quantitative estimate of drug-likeness (QED) is 0.715. The lowest BCUT2D eigenvalue weighted by Crippen LogP contribution is -2.07. The number of hydrogen-bond acceptors (Lipinski definition) is 2. The number of rotatable bonds is 4. The molecule has 2 aromatic carbocycles. The van der Waals surface area contributed by atoms with Gasteiger partial charge in [0.2, 0.25) is 0 Å². The van der Waals surface area contributed by atoms with Crippen LogP contribution >= 0.6 is 39.1 Å². The third kappa shape index (κ3) is 3.60. The van der Waals surface area contributed by atoms with Gasteiger partial charge in [-0.05, 0) is 52.7 Å². The molecule has 0 spiro atoms. The van der Waals surface area contributed by atoms with E-state index in [1.165, 1.54) is 0 Å². The van der Waals surface area contributed by atoms with Crippen LogP contribution in [-0.2, 0) is 0 Å². The van der Waals surface area contributed by atoms with E-state index in [1.54, 1.807) is 13.2 Å². The summed E-state index contributed by atoms with van der Waals surface area (Å²) in [5, 5.41) is 4.68. The number of hydrogen-bond donors (Lipinski definition) is 1. The normalized spacial score (nSPS) is 12.1. The van der Waals surface area contributed by atoms with Crippen LogP contribution in [0.5, 0.6) is 5.75 Å². The Morgan fingerprint density at radius 3 is 2.55 bits per heavy atom. The van der Waals surface area contributed by atoms with E-state index in [-0.39, 0.29) is 6.04 Å².